The van der Waals surface area contributed by atoms with Crippen LogP contribution in [0.1, 0.15) is 28.0 Å². The quantitative estimate of drug-likeness (QED) is 0.584. The number of methoxy groups -OCH3 is 1. The molecule has 26 heavy (non-hydrogen) atoms. The molecule has 0 atom stereocenters. The number of fused-ring (bicyclic) bond motifs is 1. The van der Waals surface area contributed by atoms with Crippen molar-refractivity contribution in [3.63, 3.8) is 0 Å². The van der Waals surface area contributed by atoms with Gasteiger partial charge in [0.15, 0.2) is 0 Å². The van der Waals surface area contributed by atoms with Gasteiger partial charge in [0.25, 0.3) is 5.56 Å². The Hall–Kier alpha value is -2.78. The van der Waals surface area contributed by atoms with Crippen LogP contribution < -0.4 is 10.3 Å². The second kappa shape index (κ2) is 8.07. The number of hydrogen-bond acceptors (Lipinski definition) is 8. The Bertz CT molecular complexity index is 965. The van der Waals surface area contributed by atoms with Crippen molar-refractivity contribution in [1.82, 2.24) is 14.6 Å². The lowest BCUT2D eigenvalue weighted by Crippen LogP contribution is -2.16. The molecule has 3 rings (SSSR count). The first kappa shape index (κ1) is 18.0. The molecule has 1 aromatic carbocycles. The first-order valence-corrected chi connectivity index (χ1v) is 8.70. The number of nitrogens with zero attached hydrogens (tertiary/aromatic N) is 3. The maximum absolute atomic E-state index is 12.1. The summed E-state index contributed by atoms with van der Waals surface area (Å²) in [5.74, 6) is 0.144. The molecule has 9 heteroatoms. The Labute approximate surface area is 153 Å². The first-order valence-electron chi connectivity index (χ1n) is 7.88. The summed E-state index contributed by atoms with van der Waals surface area (Å²) in [7, 11) is 1.55. The molecule has 0 aliphatic carbocycles. The molecule has 2 heterocycles. The van der Waals surface area contributed by atoms with Gasteiger partial charge in [0, 0.05) is 12.7 Å². The number of benzene rings is 1. The highest BCUT2D eigenvalue weighted by Gasteiger charge is 2.12. The fourth-order valence-corrected chi connectivity index (χ4v) is 3.02. The highest BCUT2D eigenvalue weighted by Crippen LogP contribution is 2.14. The summed E-state index contributed by atoms with van der Waals surface area (Å²) in [6.07, 6.45) is 0. The zero-order valence-electron chi connectivity index (χ0n) is 14.3. The number of hydrogen-bond donors (Lipinski definition) is 0. The molecular formula is C17H17N3O5S. The third-order valence-corrected chi connectivity index (χ3v) is 4.33. The van der Waals surface area contributed by atoms with Crippen LogP contribution in [0.25, 0.3) is 4.96 Å². The molecule has 0 amide bonds. The molecule has 0 fully saturated rings. The molecule has 0 saturated carbocycles. The largest absolute Gasteiger partial charge is 0.497 e. The summed E-state index contributed by atoms with van der Waals surface area (Å²) in [5.41, 5.74) is 0.424. The fraction of sp³-hybridized carbons (Fsp3) is 0.294. The molecule has 0 bridgehead atoms. The average molecular weight is 375 g/mol. The summed E-state index contributed by atoms with van der Waals surface area (Å²) in [6, 6.07) is 7.86. The average Bonchev–Trinajstić information content (AvgIpc) is 3.08. The van der Waals surface area contributed by atoms with Crippen LogP contribution in [0.15, 0.2) is 35.1 Å². The smallest absolute Gasteiger partial charge is 0.338 e. The number of esters is 1. The van der Waals surface area contributed by atoms with E-state index in [0.29, 0.717) is 40.2 Å². The zero-order valence-corrected chi connectivity index (χ0v) is 15.1. The van der Waals surface area contributed by atoms with Gasteiger partial charge in [-0.3, -0.25) is 4.79 Å². The van der Waals surface area contributed by atoms with Crippen LogP contribution in [-0.2, 0) is 22.7 Å². The van der Waals surface area contributed by atoms with Crippen LogP contribution in [0, 0.1) is 0 Å². The summed E-state index contributed by atoms with van der Waals surface area (Å²) in [6.45, 7) is 2.67. The van der Waals surface area contributed by atoms with E-state index in [2.05, 4.69) is 10.1 Å². The predicted molar refractivity (Wildman–Crippen MR) is 94.6 cm³/mol. The number of rotatable bonds is 7. The van der Waals surface area contributed by atoms with E-state index >= 15 is 0 Å². The van der Waals surface area contributed by atoms with Crippen molar-refractivity contribution in [1.29, 1.82) is 0 Å². The van der Waals surface area contributed by atoms with Crippen LogP contribution in [0.3, 0.4) is 0 Å². The minimum Gasteiger partial charge on any atom is -0.497 e. The van der Waals surface area contributed by atoms with E-state index in [9.17, 15) is 9.59 Å². The Morgan fingerprint density at radius 3 is 2.69 bits per heavy atom. The van der Waals surface area contributed by atoms with E-state index in [-0.39, 0.29) is 12.2 Å². The minimum atomic E-state index is -0.504. The van der Waals surface area contributed by atoms with Crippen molar-refractivity contribution in [3.05, 3.63) is 57.0 Å². The summed E-state index contributed by atoms with van der Waals surface area (Å²) >= 11 is 1.26. The van der Waals surface area contributed by atoms with Gasteiger partial charge in [-0.2, -0.15) is 9.61 Å². The van der Waals surface area contributed by atoms with Crippen LogP contribution in [0.2, 0.25) is 0 Å². The molecule has 0 spiro atoms. The van der Waals surface area contributed by atoms with E-state index in [1.165, 1.54) is 21.9 Å². The second-order valence-corrected chi connectivity index (χ2v) is 6.26. The summed E-state index contributed by atoms with van der Waals surface area (Å²) < 4.78 is 16.8. The summed E-state index contributed by atoms with van der Waals surface area (Å²) in [4.78, 5) is 29.0. The highest BCUT2D eigenvalue weighted by atomic mass is 32.1. The molecule has 0 unspecified atom stereocenters. The number of ether oxygens (including phenoxy) is 3. The molecule has 0 saturated heterocycles. The van der Waals surface area contributed by atoms with Gasteiger partial charge >= 0.3 is 5.97 Å². The number of aromatic nitrogens is 3. The second-order valence-electron chi connectivity index (χ2n) is 5.22. The third kappa shape index (κ3) is 4.06. The molecule has 0 N–H and O–H groups in total. The number of carbonyl (C=O) groups is 1. The zero-order chi connectivity index (χ0) is 18.5. The van der Waals surface area contributed by atoms with Gasteiger partial charge in [-0.05, 0) is 31.2 Å². The normalized spacial score (nSPS) is 10.8. The standard InChI is InChI=1S/C17H17N3O5S/c1-3-24-10-14-19-20-15(21)8-12(18-17(20)26-14)9-25-16(22)11-4-6-13(23-2)7-5-11/h4-8H,3,9-10H2,1-2H3. The van der Waals surface area contributed by atoms with Crippen molar-refractivity contribution in [2.45, 2.75) is 20.1 Å². The van der Waals surface area contributed by atoms with E-state index < -0.39 is 5.97 Å². The Morgan fingerprint density at radius 2 is 2.00 bits per heavy atom. The SMILES string of the molecule is CCOCc1nn2c(=O)cc(COC(=O)c3ccc(OC)cc3)nc2s1. The first-order chi connectivity index (χ1) is 12.6. The fourth-order valence-electron chi connectivity index (χ4n) is 2.17. The van der Waals surface area contributed by atoms with Crippen molar-refractivity contribution in [2.75, 3.05) is 13.7 Å². The van der Waals surface area contributed by atoms with Crippen LogP contribution in [-0.4, -0.2) is 34.3 Å². The van der Waals surface area contributed by atoms with Gasteiger partial charge in [-0.25, -0.2) is 9.78 Å². The van der Waals surface area contributed by atoms with E-state index in [1.54, 1.807) is 31.4 Å². The molecule has 0 radical (unpaired) electrons. The Kier molecular flexibility index (Phi) is 5.59. The minimum absolute atomic E-state index is 0.102. The van der Waals surface area contributed by atoms with E-state index in [0.717, 1.165) is 0 Å². The van der Waals surface area contributed by atoms with Gasteiger partial charge in [0.05, 0.1) is 18.4 Å². The predicted octanol–water partition coefficient (Wildman–Crippen LogP) is 2.05. The lowest BCUT2D eigenvalue weighted by Gasteiger charge is -2.05. The number of carbonyl (C=O) groups excluding carboxylic acids is 1. The van der Waals surface area contributed by atoms with E-state index in [1.807, 2.05) is 6.92 Å². The van der Waals surface area contributed by atoms with Gasteiger partial charge in [0.2, 0.25) is 4.96 Å². The maximum atomic E-state index is 12.1. The van der Waals surface area contributed by atoms with Crippen LogP contribution in [0.4, 0.5) is 0 Å². The van der Waals surface area contributed by atoms with Gasteiger partial charge in [0.1, 0.15) is 24.0 Å². The molecular weight excluding hydrogens is 358 g/mol. The highest BCUT2D eigenvalue weighted by molar-refractivity contribution is 7.16. The Balaban J connectivity index is 1.71. The van der Waals surface area contributed by atoms with Crippen molar-refractivity contribution in [3.8, 4) is 5.75 Å². The molecule has 136 valence electrons. The third-order valence-electron chi connectivity index (χ3n) is 3.45. The van der Waals surface area contributed by atoms with Gasteiger partial charge in [-0.1, -0.05) is 11.3 Å². The molecule has 2 aromatic heterocycles. The summed E-state index contributed by atoms with van der Waals surface area (Å²) in [5, 5.41) is 4.82. The Morgan fingerprint density at radius 1 is 1.23 bits per heavy atom. The molecule has 8 nitrogen and oxygen atoms in total. The lowest BCUT2D eigenvalue weighted by atomic mass is 10.2. The monoisotopic (exact) mass is 375 g/mol. The van der Waals surface area contributed by atoms with Crippen molar-refractivity contribution < 1.29 is 19.0 Å². The lowest BCUT2D eigenvalue weighted by molar-refractivity contribution is 0.0467. The molecule has 0 aliphatic rings. The van der Waals surface area contributed by atoms with Crippen molar-refractivity contribution in [2.24, 2.45) is 0 Å². The van der Waals surface area contributed by atoms with Crippen LogP contribution >= 0.6 is 11.3 Å². The van der Waals surface area contributed by atoms with E-state index in [4.69, 9.17) is 14.2 Å². The molecule has 0 aliphatic heterocycles. The van der Waals surface area contributed by atoms with Gasteiger partial charge in [-0.15, -0.1) is 0 Å². The maximum Gasteiger partial charge on any atom is 0.338 e. The van der Waals surface area contributed by atoms with Crippen LogP contribution in [0.5, 0.6) is 5.75 Å². The van der Waals surface area contributed by atoms with Crippen molar-refractivity contribution >= 4 is 22.3 Å². The molecule has 3 aromatic rings. The topological polar surface area (TPSA) is 92.0 Å². The van der Waals surface area contributed by atoms with Gasteiger partial charge < -0.3 is 14.2 Å².